The van der Waals surface area contributed by atoms with Crippen LogP contribution in [0.2, 0.25) is 0 Å². The molecule has 0 N–H and O–H groups in total. The van der Waals surface area contributed by atoms with E-state index >= 15 is 0 Å². The summed E-state index contributed by atoms with van der Waals surface area (Å²) < 4.78 is 6.92. The van der Waals surface area contributed by atoms with Crippen molar-refractivity contribution in [3.05, 3.63) is 33.7 Å². The third kappa shape index (κ3) is 2.24. The largest absolute Gasteiger partial charge is 0.379 e. The Morgan fingerprint density at radius 3 is 3.00 bits per heavy atom. The maximum atomic E-state index is 11.6. The highest BCUT2D eigenvalue weighted by Gasteiger charge is 2.12. The number of thiazole rings is 1. The normalized spacial score (nSPS) is 17.6. The summed E-state index contributed by atoms with van der Waals surface area (Å²) in [5.74, 6) is 0. The molecule has 90 valence electrons. The molecule has 0 atom stereocenters. The minimum atomic E-state index is -0.0144. The average Bonchev–Trinajstić information content (AvgIpc) is 2.74. The second kappa shape index (κ2) is 4.56. The lowest BCUT2D eigenvalue weighted by atomic mass is 10.4. The summed E-state index contributed by atoms with van der Waals surface area (Å²) in [5, 5.41) is 0. The number of rotatable bonds is 2. The minimum absolute atomic E-state index is 0.0144. The molecule has 1 aliphatic rings. The molecule has 17 heavy (non-hydrogen) atoms. The van der Waals surface area contributed by atoms with Crippen molar-refractivity contribution in [2.45, 2.75) is 6.54 Å². The Morgan fingerprint density at radius 1 is 1.41 bits per heavy atom. The van der Waals surface area contributed by atoms with Crippen LogP contribution in [0.15, 0.2) is 23.3 Å². The summed E-state index contributed by atoms with van der Waals surface area (Å²) in [7, 11) is 0. The van der Waals surface area contributed by atoms with Crippen LogP contribution in [0, 0.1) is 0 Å². The molecule has 1 fully saturated rings. The highest BCUT2D eigenvalue weighted by molar-refractivity contribution is 7.17. The first-order valence-corrected chi connectivity index (χ1v) is 6.41. The summed E-state index contributed by atoms with van der Waals surface area (Å²) in [4.78, 5) is 20.0. The Kier molecular flexibility index (Phi) is 2.92. The fraction of sp³-hybridized carbons (Fsp3) is 0.455. The first kappa shape index (κ1) is 10.9. The molecule has 0 saturated carbocycles. The van der Waals surface area contributed by atoms with Crippen LogP contribution in [0.25, 0.3) is 4.96 Å². The zero-order valence-electron chi connectivity index (χ0n) is 9.33. The van der Waals surface area contributed by atoms with Crippen molar-refractivity contribution in [2.75, 3.05) is 26.3 Å². The van der Waals surface area contributed by atoms with Crippen molar-refractivity contribution >= 4 is 16.3 Å². The van der Waals surface area contributed by atoms with Crippen molar-refractivity contribution < 1.29 is 4.74 Å². The van der Waals surface area contributed by atoms with Crippen LogP contribution in [-0.2, 0) is 11.3 Å². The van der Waals surface area contributed by atoms with Crippen LogP contribution in [-0.4, -0.2) is 40.6 Å². The second-order valence-corrected chi connectivity index (χ2v) is 5.12. The molecule has 3 rings (SSSR count). The van der Waals surface area contributed by atoms with Crippen molar-refractivity contribution in [3.8, 4) is 0 Å². The van der Waals surface area contributed by atoms with Crippen molar-refractivity contribution in [1.82, 2.24) is 14.3 Å². The molecule has 0 spiro atoms. The van der Waals surface area contributed by atoms with E-state index in [4.69, 9.17) is 4.74 Å². The highest BCUT2D eigenvalue weighted by Crippen LogP contribution is 2.16. The molecule has 0 amide bonds. The third-order valence-corrected chi connectivity index (χ3v) is 3.81. The van der Waals surface area contributed by atoms with E-state index in [1.807, 2.05) is 6.20 Å². The molecule has 0 aliphatic carbocycles. The van der Waals surface area contributed by atoms with Crippen LogP contribution in [0.5, 0.6) is 0 Å². The number of fused-ring (bicyclic) bond motifs is 1. The Bertz CT molecular complexity index is 571. The topological polar surface area (TPSA) is 46.8 Å². The molecule has 3 heterocycles. The van der Waals surface area contributed by atoms with Gasteiger partial charge in [-0.3, -0.25) is 14.1 Å². The van der Waals surface area contributed by atoms with E-state index in [-0.39, 0.29) is 5.56 Å². The van der Waals surface area contributed by atoms with Crippen molar-refractivity contribution in [1.29, 1.82) is 0 Å². The second-order valence-electron chi connectivity index (χ2n) is 4.02. The van der Waals surface area contributed by atoms with Gasteiger partial charge >= 0.3 is 0 Å². The number of ether oxygens (including phenoxy) is 1. The van der Waals surface area contributed by atoms with E-state index < -0.39 is 0 Å². The monoisotopic (exact) mass is 251 g/mol. The van der Waals surface area contributed by atoms with Crippen LogP contribution in [0.3, 0.4) is 0 Å². The summed E-state index contributed by atoms with van der Waals surface area (Å²) >= 11 is 1.57. The number of hydrogen-bond donors (Lipinski definition) is 0. The Labute approximate surface area is 102 Å². The molecule has 1 saturated heterocycles. The number of nitrogens with zero attached hydrogens (tertiary/aromatic N) is 3. The van der Waals surface area contributed by atoms with Crippen LogP contribution >= 0.6 is 11.3 Å². The first-order chi connectivity index (χ1) is 8.33. The van der Waals surface area contributed by atoms with Gasteiger partial charge in [0.2, 0.25) is 0 Å². The lowest BCUT2D eigenvalue weighted by Crippen LogP contribution is -2.35. The Hall–Kier alpha value is -1.24. The molecule has 0 radical (unpaired) electrons. The summed E-state index contributed by atoms with van der Waals surface area (Å²) in [6, 6.07) is 1.48. The molecule has 2 aromatic rings. The number of hydrogen-bond acceptors (Lipinski definition) is 5. The van der Waals surface area contributed by atoms with E-state index in [0.717, 1.165) is 37.8 Å². The quantitative estimate of drug-likeness (QED) is 0.783. The third-order valence-electron chi connectivity index (χ3n) is 2.82. The van der Waals surface area contributed by atoms with Gasteiger partial charge in [0.1, 0.15) is 0 Å². The summed E-state index contributed by atoms with van der Waals surface area (Å²) in [6.07, 6.45) is 3.46. The first-order valence-electron chi connectivity index (χ1n) is 5.59. The Balaban J connectivity index is 1.85. The maximum Gasteiger partial charge on any atom is 0.258 e. The molecular formula is C11H13N3O2S. The van der Waals surface area contributed by atoms with Gasteiger partial charge in [0.15, 0.2) is 4.96 Å². The fourth-order valence-corrected chi connectivity index (χ4v) is 2.93. The van der Waals surface area contributed by atoms with Gasteiger partial charge in [0, 0.05) is 43.0 Å². The molecule has 2 aromatic heterocycles. The SMILES string of the molecule is O=c1ccnc2sc(CN3CCOCC3)cn12. The van der Waals surface area contributed by atoms with E-state index in [2.05, 4.69) is 9.88 Å². The van der Waals surface area contributed by atoms with Gasteiger partial charge < -0.3 is 4.74 Å². The van der Waals surface area contributed by atoms with Crippen LogP contribution in [0.4, 0.5) is 0 Å². The average molecular weight is 251 g/mol. The molecule has 0 aromatic carbocycles. The van der Waals surface area contributed by atoms with Gasteiger partial charge in [-0.05, 0) is 0 Å². The van der Waals surface area contributed by atoms with Gasteiger partial charge in [-0.25, -0.2) is 4.98 Å². The van der Waals surface area contributed by atoms with E-state index in [0.29, 0.717) is 0 Å². The number of aromatic nitrogens is 2. The minimum Gasteiger partial charge on any atom is -0.379 e. The van der Waals surface area contributed by atoms with Crippen LogP contribution < -0.4 is 5.56 Å². The van der Waals surface area contributed by atoms with Crippen LogP contribution in [0.1, 0.15) is 4.88 Å². The summed E-state index contributed by atoms with van der Waals surface area (Å²) in [5.41, 5.74) is -0.0144. The van der Waals surface area contributed by atoms with E-state index in [1.54, 1.807) is 21.9 Å². The van der Waals surface area contributed by atoms with Crippen molar-refractivity contribution in [2.24, 2.45) is 0 Å². The van der Waals surface area contributed by atoms with Gasteiger partial charge in [-0.15, -0.1) is 0 Å². The lowest BCUT2D eigenvalue weighted by molar-refractivity contribution is 0.0346. The van der Waals surface area contributed by atoms with E-state index in [9.17, 15) is 4.79 Å². The fourth-order valence-electron chi connectivity index (χ4n) is 1.94. The highest BCUT2D eigenvalue weighted by atomic mass is 32.1. The smallest absolute Gasteiger partial charge is 0.258 e. The molecule has 0 bridgehead atoms. The van der Waals surface area contributed by atoms with Gasteiger partial charge in [-0.1, -0.05) is 11.3 Å². The predicted octanol–water partition coefficient (Wildman–Crippen LogP) is 0.588. The molecule has 1 aliphatic heterocycles. The molecule has 6 heteroatoms. The molecular weight excluding hydrogens is 238 g/mol. The summed E-state index contributed by atoms with van der Waals surface area (Å²) in [6.45, 7) is 4.37. The maximum absolute atomic E-state index is 11.6. The number of morpholine rings is 1. The van der Waals surface area contributed by atoms with Gasteiger partial charge in [-0.2, -0.15) is 0 Å². The zero-order valence-corrected chi connectivity index (χ0v) is 10.2. The Morgan fingerprint density at radius 2 is 2.24 bits per heavy atom. The van der Waals surface area contributed by atoms with Gasteiger partial charge in [0.05, 0.1) is 13.2 Å². The molecule has 5 nitrogen and oxygen atoms in total. The van der Waals surface area contributed by atoms with Gasteiger partial charge in [0.25, 0.3) is 5.56 Å². The zero-order chi connectivity index (χ0) is 11.7. The standard InChI is InChI=1S/C11H13N3O2S/c15-10-1-2-12-11-14(10)8-9(17-11)7-13-3-5-16-6-4-13/h1-2,8H,3-7H2. The van der Waals surface area contributed by atoms with Crippen molar-refractivity contribution in [3.63, 3.8) is 0 Å². The molecule has 0 unspecified atom stereocenters. The van der Waals surface area contributed by atoms with E-state index in [1.165, 1.54) is 10.9 Å². The lowest BCUT2D eigenvalue weighted by Gasteiger charge is -2.25. The predicted molar refractivity (Wildman–Crippen MR) is 65.4 cm³/mol.